The minimum absolute atomic E-state index is 0.172. The van der Waals surface area contributed by atoms with Gasteiger partial charge in [-0.05, 0) is 31.9 Å². The highest BCUT2D eigenvalue weighted by atomic mass is 32.1. The summed E-state index contributed by atoms with van der Waals surface area (Å²) < 4.78 is 15.8. The van der Waals surface area contributed by atoms with Gasteiger partial charge in [0.15, 0.2) is 5.69 Å². The van der Waals surface area contributed by atoms with Crippen LogP contribution in [0.5, 0.6) is 0 Å². The Kier molecular flexibility index (Phi) is 8.50. The molecule has 1 aliphatic rings. The summed E-state index contributed by atoms with van der Waals surface area (Å²) >= 11 is 1.29. The number of carbonyl (C=O) groups excluding carboxylic acids is 3. The molecule has 0 saturated heterocycles. The van der Waals surface area contributed by atoms with Gasteiger partial charge in [-0.25, -0.2) is 14.6 Å². The first kappa shape index (κ1) is 28.0. The normalized spacial score (nSPS) is 20.6. The van der Waals surface area contributed by atoms with E-state index < -0.39 is 35.3 Å². The molecule has 8 nitrogen and oxygen atoms in total. The molecule has 1 aromatic heterocycles. The van der Waals surface area contributed by atoms with E-state index in [0.29, 0.717) is 22.0 Å². The highest BCUT2D eigenvalue weighted by molar-refractivity contribution is 7.12. The molecule has 0 bridgehead atoms. The molecule has 3 aromatic rings. The molecule has 0 aliphatic carbocycles. The number of nitrogens with one attached hydrogen (secondary N) is 1. The summed E-state index contributed by atoms with van der Waals surface area (Å²) in [6, 6.07) is 19.2. The van der Waals surface area contributed by atoms with Crippen LogP contribution in [0.1, 0.15) is 58.2 Å². The van der Waals surface area contributed by atoms with Gasteiger partial charge in [0.25, 0.3) is 0 Å². The van der Waals surface area contributed by atoms with E-state index in [9.17, 15) is 14.4 Å². The van der Waals surface area contributed by atoms with Gasteiger partial charge in [-0.2, -0.15) is 0 Å². The third-order valence-corrected chi connectivity index (χ3v) is 8.15. The average Bonchev–Trinajstić information content (AvgIpc) is 3.36. The standard InChI is InChI=1S/C30H32N2O6S/c1-6-38-29(35)25-21(17-19-13-9-7-10-14-19)39-26(31-25)23-22(27(33)36-4)18(2)32-30(3,24(23)28(34)37-5)20-15-11-8-12-16-20/h7-16,23-24,32H,6,17H2,1-5H3. The molecule has 0 fully saturated rings. The number of methoxy groups -OCH3 is 2. The van der Waals surface area contributed by atoms with Crippen molar-refractivity contribution in [1.29, 1.82) is 0 Å². The molecule has 9 heteroatoms. The van der Waals surface area contributed by atoms with Gasteiger partial charge in [-0.3, -0.25) is 4.79 Å². The van der Waals surface area contributed by atoms with Gasteiger partial charge in [-0.15, -0.1) is 11.3 Å². The van der Waals surface area contributed by atoms with Crippen LogP contribution >= 0.6 is 11.3 Å². The minimum Gasteiger partial charge on any atom is -0.469 e. The van der Waals surface area contributed by atoms with E-state index in [0.717, 1.165) is 11.1 Å². The van der Waals surface area contributed by atoms with Gasteiger partial charge in [0, 0.05) is 17.0 Å². The summed E-state index contributed by atoms with van der Waals surface area (Å²) in [6.45, 7) is 5.60. The lowest BCUT2D eigenvalue weighted by Gasteiger charge is -2.46. The van der Waals surface area contributed by atoms with Crippen molar-refractivity contribution in [1.82, 2.24) is 10.3 Å². The summed E-state index contributed by atoms with van der Waals surface area (Å²) in [6.07, 6.45) is 0.437. The third kappa shape index (κ3) is 5.45. The molecule has 3 unspecified atom stereocenters. The summed E-state index contributed by atoms with van der Waals surface area (Å²) in [5.41, 5.74) is 1.84. The molecule has 1 N–H and O–H groups in total. The van der Waals surface area contributed by atoms with Crippen LogP contribution in [0.2, 0.25) is 0 Å². The fourth-order valence-electron chi connectivity index (χ4n) is 5.22. The number of esters is 3. The molecule has 1 aliphatic heterocycles. The first-order valence-electron chi connectivity index (χ1n) is 12.7. The number of nitrogens with zero attached hydrogens (tertiary/aromatic N) is 1. The van der Waals surface area contributed by atoms with Gasteiger partial charge in [0.05, 0.1) is 43.8 Å². The molecular weight excluding hydrogens is 516 g/mol. The molecule has 0 amide bonds. The summed E-state index contributed by atoms with van der Waals surface area (Å²) in [5.74, 6) is -3.43. The molecule has 0 saturated carbocycles. The zero-order valence-electron chi connectivity index (χ0n) is 22.6. The van der Waals surface area contributed by atoms with Crippen LogP contribution in [-0.2, 0) is 35.8 Å². The summed E-state index contributed by atoms with van der Waals surface area (Å²) in [5, 5.41) is 3.84. The van der Waals surface area contributed by atoms with E-state index in [4.69, 9.17) is 19.2 Å². The number of aromatic nitrogens is 1. The average molecular weight is 549 g/mol. The number of carbonyl (C=O) groups is 3. The Hall–Kier alpha value is -3.98. The second-order valence-electron chi connectivity index (χ2n) is 9.41. The molecule has 2 aromatic carbocycles. The van der Waals surface area contributed by atoms with Crippen molar-refractivity contribution >= 4 is 29.2 Å². The summed E-state index contributed by atoms with van der Waals surface area (Å²) in [4.78, 5) is 45.2. The van der Waals surface area contributed by atoms with E-state index in [1.807, 2.05) is 67.6 Å². The van der Waals surface area contributed by atoms with Crippen LogP contribution in [0.25, 0.3) is 0 Å². The van der Waals surface area contributed by atoms with Gasteiger partial charge in [-0.1, -0.05) is 60.7 Å². The molecule has 0 spiro atoms. The largest absolute Gasteiger partial charge is 0.469 e. The van der Waals surface area contributed by atoms with Gasteiger partial charge < -0.3 is 19.5 Å². The van der Waals surface area contributed by atoms with E-state index in [1.165, 1.54) is 25.6 Å². The Morgan fingerprint density at radius 3 is 2.21 bits per heavy atom. The lowest BCUT2D eigenvalue weighted by Crippen LogP contribution is -2.55. The third-order valence-electron chi connectivity index (χ3n) is 7.01. The van der Waals surface area contributed by atoms with Gasteiger partial charge in [0.2, 0.25) is 0 Å². The van der Waals surface area contributed by atoms with Crippen molar-refractivity contribution in [3.05, 3.63) is 98.6 Å². The van der Waals surface area contributed by atoms with E-state index >= 15 is 0 Å². The van der Waals surface area contributed by atoms with Crippen molar-refractivity contribution in [3.63, 3.8) is 0 Å². The first-order chi connectivity index (χ1) is 18.7. The second-order valence-corrected chi connectivity index (χ2v) is 10.5. The molecule has 4 rings (SSSR count). The lowest BCUT2D eigenvalue weighted by atomic mass is 9.67. The Morgan fingerprint density at radius 1 is 0.974 bits per heavy atom. The Labute approximate surface area is 232 Å². The van der Waals surface area contributed by atoms with Crippen LogP contribution in [-0.4, -0.2) is 43.7 Å². The quantitative estimate of drug-likeness (QED) is 0.318. The fraction of sp³-hybridized carbons (Fsp3) is 0.333. The van der Waals surface area contributed by atoms with Crippen molar-refractivity contribution in [3.8, 4) is 0 Å². The van der Waals surface area contributed by atoms with Crippen molar-refractivity contribution in [2.75, 3.05) is 20.8 Å². The lowest BCUT2D eigenvalue weighted by molar-refractivity contribution is -0.150. The van der Waals surface area contributed by atoms with Crippen molar-refractivity contribution in [2.45, 2.75) is 38.6 Å². The topological polar surface area (TPSA) is 104 Å². The molecule has 0 radical (unpaired) electrons. The highest BCUT2D eigenvalue weighted by Crippen LogP contribution is 2.49. The Morgan fingerprint density at radius 2 is 1.62 bits per heavy atom. The summed E-state index contributed by atoms with van der Waals surface area (Å²) in [7, 11) is 2.62. The molecular formula is C30H32N2O6S. The second kappa shape index (κ2) is 11.8. The van der Waals surface area contributed by atoms with Crippen LogP contribution < -0.4 is 5.32 Å². The van der Waals surface area contributed by atoms with E-state index in [1.54, 1.807) is 13.8 Å². The maximum atomic E-state index is 13.6. The van der Waals surface area contributed by atoms with Crippen molar-refractivity contribution in [2.24, 2.45) is 5.92 Å². The highest BCUT2D eigenvalue weighted by Gasteiger charge is 2.54. The smallest absolute Gasteiger partial charge is 0.358 e. The van der Waals surface area contributed by atoms with Gasteiger partial charge in [0.1, 0.15) is 5.01 Å². The monoisotopic (exact) mass is 548 g/mol. The van der Waals surface area contributed by atoms with Crippen LogP contribution in [0, 0.1) is 5.92 Å². The number of benzene rings is 2. The van der Waals surface area contributed by atoms with Crippen LogP contribution in [0.15, 0.2) is 71.9 Å². The molecule has 204 valence electrons. The number of rotatable bonds is 8. The number of allylic oxidation sites excluding steroid dienone is 1. The predicted octanol–water partition coefficient (Wildman–Crippen LogP) is 4.75. The number of thiazole rings is 1. The maximum Gasteiger partial charge on any atom is 0.358 e. The number of hydrogen-bond donors (Lipinski definition) is 1. The maximum absolute atomic E-state index is 13.6. The van der Waals surface area contributed by atoms with Crippen LogP contribution in [0.4, 0.5) is 0 Å². The predicted molar refractivity (Wildman–Crippen MR) is 147 cm³/mol. The first-order valence-corrected chi connectivity index (χ1v) is 13.5. The zero-order valence-corrected chi connectivity index (χ0v) is 23.5. The number of ether oxygens (including phenoxy) is 3. The van der Waals surface area contributed by atoms with Crippen molar-refractivity contribution < 1.29 is 28.6 Å². The van der Waals surface area contributed by atoms with Crippen LogP contribution in [0.3, 0.4) is 0 Å². The SMILES string of the molecule is CCOC(=O)c1nc(C2C(C(=O)OC)=C(C)NC(C)(c3ccccc3)C2C(=O)OC)sc1Cc1ccccc1. The Balaban J connectivity index is 1.96. The van der Waals surface area contributed by atoms with E-state index in [-0.39, 0.29) is 17.9 Å². The zero-order chi connectivity index (χ0) is 28.2. The van der Waals surface area contributed by atoms with Gasteiger partial charge >= 0.3 is 17.9 Å². The molecule has 2 heterocycles. The fourth-order valence-corrected chi connectivity index (χ4v) is 6.46. The molecule has 39 heavy (non-hydrogen) atoms. The minimum atomic E-state index is -0.962. The number of hydrogen-bond acceptors (Lipinski definition) is 9. The van der Waals surface area contributed by atoms with E-state index in [2.05, 4.69) is 5.32 Å². The molecule has 3 atom stereocenters. The Bertz CT molecular complexity index is 1380.